The van der Waals surface area contributed by atoms with Gasteiger partial charge in [0.05, 0.1) is 43.6 Å². The van der Waals surface area contributed by atoms with E-state index in [0.717, 1.165) is 11.4 Å². The van der Waals surface area contributed by atoms with Crippen LogP contribution in [0.3, 0.4) is 0 Å². The highest BCUT2D eigenvalue weighted by atomic mass is 16.5. The number of likely N-dealkylation sites (tertiary alicyclic amines) is 1. The van der Waals surface area contributed by atoms with Crippen molar-refractivity contribution in [2.24, 2.45) is 0 Å². The molecule has 2 amide bonds. The summed E-state index contributed by atoms with van der Waals surface area (Å²) in [5.41, 5.74) is 2.85. The number of aryl methyl sites for hydroxylation is 1. The van der Waals surface area contributed by atoms with E-state index in [-0.39, 0.29) is 11.8 Å². The van der Waals surface area contributed by atoms with Crippen LogP contribution in [0.2, 0.25) is 0 Å². The van der Waals surface area contributed by atoms with Crippen LogP contribution in [0.1, 0.15) is 32.8 Å². The number of carbonyl (C=O) groups is 3. The molecule has 0 radical (unpaired) electrons. The number of methoxy groups -OCH3 is 3. The minimum Gasteiger partial charge on any atom is -0.495 e. The van der Waals surface area contributed by atoms with E-state index in [1.165, 1.54) is 26.2 Å². The Labute approximate surface area is 208 Å². The van der Waals surface area contributed by atoms with Gasteiger partial charge in [-0.2, -0.15) is 0 Å². The summed E-state index contributed by atoms with van der Waals surface area (Å²) < 4.78 is 17.6. The summed E-state index contributed by atoms with van der Waals surface area (Å²) in [6, 6.07) is 10.6. The van der Waals surface area contributed by atoms with Crippen LogP contribution in [0.15, 0.2) is 55.0 Å². The molecule has 0 aliphatic carbocycles. The van der Waals surface area contributed by atoms with Gasteiger partial charge in [-0.1, -0.05) is 0 Å². The molecular formula is C26H28N4O6. The number of nitrogens with one attached hydrogen (secondary N) is 1. The number of imidazole rings is 1. The molecule has 0 saturated carbocycles. The van der Waals surface area contributed by atoms with Gasteiger partial charge in [-0.05, 0) is 55.8 Å². The van der Waals surface area contributed by atoms with E-state index in [1.54, 1.807) is 48.8 Å². The molecule has 1 aliphatic rings. The van der Waals surface area contributed by atoms with E-state index in [1.807, 2.05) is 17.7 Å². The van der Waals surface area contributed by atoms with Crippen LogP contribution < -0.4 is 10.1 Å². The summed E-state index contributed by atoms with van der Waals surface area (Å²) in [6.45, 7) is 2.25. The molecule has 3 aromatic rings. The van der Waals surface area contributed by atoms with E-state index in [4.69, 9.17) is 14.2 Å². The molecule has 2 heterocycles. The van der Waals surface area contributed by atoms with Gasteiger partial charge in [0.2, 0.25) is 5.91 Å². The van der Waals surface area contributed by atoms with Crippen molar-refractivity contribution in [3.63, 3.8) is 0 Å². The zero-order valence-electron chi connectivity index (χ0n) is 20.6. The van der Waals surface area contributed by atoms with Crippen molar-refractivity contribution < 1.29 is 28.6 Å². The molecule has 10 heteroatoms. The lowest BCUT2D eigenvalue weighted by Gasteiger charge is -2.27. The second-order valence-corrected chi connectivity index (χ2v) is 8.37. The first-order valence-corrected chi connectivity index (χ1v) is 11.4. The number of rotatable bonds is 7. The maximum Gasteiger partial charge on any atom is 0.337 e. The summed E-state index contributed by atoms with van der Waals surface area (Å²) in [5, 5.41) is 2.82. The molecule has 0 unspecified atom stereocenters. The Balaban J connectivity index is 1.55. The molecule has 1 aromatic heterocycles. The zero-order chi connectivity index (χ0) is 25.8. The summed E-state index contributed by atoms with van der Waals surface area (Å²) in [6.07, 6.45) is 3.60. The summed E-state index contributed by atoms with van der Waals surface area (Å²) in [5.74, 6) is -0.643. The maximum atomic E-state index is 13.5. The number of aromatic nitrogens is 2. The first-order valence-electron chi connectivity index (χ1n) is 11.4. The van der Waals surface area contributed by atoms with Gasteiger partial charge >= 0.3 is 5.97 Å². The van der Waals surface area contributed by atoms with Crippen molar-refractivity contribution in [2.75, 3.05) is 33.2 Å². The number of esters is 1. The Morgan fingerprint density at radius 3 is 2.36 bits per heavy atom. The molecule has 1 N–H and O–H groups in total. The zero-order valence-corrected chi connectivity index (χ0v) is 20.6. The fourth-order valence-corrected chi connectivity index (χ4v) is 4.32. The van der Waals surface area contributed by atoms with Crippen LogP contribution in [0.4, 0.5) is 5.69 Å². The first-order chi connectivity index (χ1) is 17.4. The number of hydrogen-bond donors (Lipinski definition) is 1. The van der Waals surface area contributed by atoms with Crippen LogP contribution in [0.5, 0.6) is 5.75 Å². The maximum absolute atomic E-state index is 13.5. The van der Waals surface area contributed by atoms with Gasteiger partial charge in [0.1, 0.15) is 11.8 Å². The van der Waals surface area contributed by atoms with Crippen molar-refractivity contribution in [1.82, 2.24) is 14.5 Å². The SMILES string of the molecule is COC(=O)c1ccc(NC(=O)[C@@H]2[C@@H](OC)CCN2C(=O)c2ccc(-n3cnc(C)c3)c(OC)c2)cc1. The van der Waals surface area contributed by atoms with E-state index in [0.29, 0.717) is 35.5 Å². The quantitative estimate of drug-likeness (QED) is 0.505. The predicted octanol–water partition coefficient (Wildman–Crippen LogP) is 2.84. The number of hydrogen-bond acceptors (Lipinski definition) is 7. The Morgan fingerprint density at radius 1 is 1.03 bits per heavy atom. The predicted molar refractivity (Wildman–Crippen MR) is 132 cm³/mol. The van der Waals surface area contributed by atoms with Crippen molar-refractivity contribution in [3.05, 3.63) is 71.8 Å². The highest BCUT2D eigenvalue weighted by Crippen LogP contribution is 2.29. The van der Waals surface area contributed by atoms with Crippen molar-refractivity contribution >= 4 is 23.5 Å². The fraction of sp³-hybridized carbons (Fsp3) is 0.308. The fourth-order valence-electron chi connectivity index (χ4n) is 4.32. The normalized spacial score (nSPS) is 17.1. The molecule has 4 rings (SSSR count). The second kappa shape index (κ2) is 10.6. The summed E-state index contributed by atoms with van der Waals surface area (Å²) >= 11 is 0. The molecule has 10 nitrogen and oxygen atoms in total. The van der Waals surface area contributed by atoms with E-state index in [2.05, 4.69) is 10.3 Å². The minimum absolute atomic E-state index is 0.303. The van der Waals surface area contributed by atoms with Crippen molar-refractivity contribution in [3.8, 4) is 11.4 Å². The van der Waals surface area contributed by atoms with Gasteiger partial charge in [-0.15, -0.1) is 0 Å². The van der Waals surface area contributed by atoms with Crippen LogP contribution in [0, 0.1) is 6.92 Å². The molecule has 36 heavy (non-hydrogen) atoms. The Morgan fingerprint density at radius 2 is 1.75 bits per heavy atom. The smallest absolute Gasteiger partial charge is 0.337 e. The molecule has 188 valence electrons. The van der Waals surface area contributed by atoms with Gasteiger partial charge in [-0.3, -0.25) is 9.59 Å². The number of benzene rings is 2. The molecule has 2 atom stereocenters. The van der Waals surface area contributed by atoms with E-state index in [9.17, 15) is 14.4 Å². The monoisotopic (exact) mass is 492 g/mol. The second-order valence-electron chi connectivity index (χ2n) is 8.37. The Hall–Kier alpha value is -4.18. The molecule has 2 aromatic carbocycles. The molecule has 0 bridgehead atoms. The molecular weight excluding hydrogens is 464 g/mol. The van der Waals surface area contributed by atoms with Crippen LogP contribution in [-0.4, -0.2) is 72.3 Å². The van der Waals surface area contributed by atoms with Crippen LogP contribution in [0.25, 0.3) is 5.69 Å². The number of anilines is 1. The van der Waals surface area contributed by atoms with Gasteiger partial charge in [0, 0.05) is 31.1 Å². The topological polar surface area (TPSA) is 112 Å². The standard InChI is InChI=1S/C26H28N4O6/c1-16-14-29(15-27-16)20-10-7-18(13-22(20)35-3)25(32)30-12-11-21(34-2)23(30)24(31)28-19-8-5-17(6-9-19)26(33)36-4/h5-10,13-15,21,23H,11-12H2,1-4H3,(H,28,31)/t21-,23-/m0/s1. The lowest BCUT2D eigenvalue weighted by atomic mass is 10.1. The highest BCUT2D eigenvalue weighted by Gasteiger charge is 2.42. The average Bonchev–Trinajstić information content (AvgIpc) is 3.54. The Kier molecular flexibility index (Phi) is 7.35. The first kappa shape index (κ1) is 24.9. The van der Waals surface area contributed by atoms with Gasteiger partial charge in [-0.25, -0.2) is 9.78 Å². The largest absolute Gasteiger partial charge is 0.495 e. The third-order valence-electron chi connectivity index (χ3n) is 6.16. The number of ether oxygens (including phenoxy) is 3. The number of carbonyl (C=O) groups excluding carboxylic acids is 3. The van der Waals surface area contributed by atoms with Gasteiger partial charge in [0.25, 0.3) is 5.91 Å². The van der Waals surface area contributed by atoms with Crippen molar-refractivity contribution in [1.29, 1.82) is 0 Å². The number of amides is 2. The summed E-state index contributed by atoms with van der Waals surface area (Å²) in [4.78, 5) is 44.2. The van der Waals surface area contributed by atoms with Crippen LogP contribution >= 0.6 is 0 Å². The minimum atomic E-state index is -0.829. The van der Waals surface area contributed by atoms with Crippen LogP contribution in [-0.2, 0) is 14.3 Å². The Bertz CT molecular complexity index is 1270. The molecule has 0 spiro atoms. The molecule has 1 aliphatic heterocycles. The molecule has 1 fully saturated rings. The lowest BCUT2D eigenvalue weighted by Crippen LogP contribution is -2.48. The van der Waals surface area contributed by atoms with E-state index < -0.39 is 18.1 Å². The number of nitrogens with zero attached hydrogens (tertiary/aromatic N) is 3. The van der Waals surface area contributed by atoms with Crippen molar-refractivity contribution in [2.45, 2.75) is 25.5 Å². The third-order valence-corrected chi connectivity index (χ3v) is 6.16. The summed E-state index contributed by atoms with van der Waals surface area (Å²) in [7, 11) is 4.36. The van der Waals surface area contributed by atoms with Gasteiger partial charge < -0.3 is 29.0 Å². The highest BCUT2D eigenvalue weighted by molar-refractivity contribution is 6.02. The lowest BCUT2D eigenvalue weighted by molar-refractivity contribution is -0.122. The average molecular weight is 493 g/mol. The molecule has 1 saturated heterocycles. The third kappa shape index (κ3) is 4.94. The van der Waals surface area contributed by atoms with E-state index >= 15 is 0 Å². The van der Waals surface area contributed by atoms with Gasteiger partial charge in [0.15, 0.2) is 0 Å².